The van der Waals surface area contributed by atoms with Gasteiger partial charge in [-0.2, -0.15) is 0 Å². The fraction of sp³-hybridized carbons (Fsp3) is 0.550. The molecule has 4 rings (SSSR count). The third-order valence-electron chi connectivity index (χ3n) is 5.31. The Kier molecular flexibility index (Phi) is 4.55. The normalized spacial score (nSPS) is 18.3. The first-order valence-electron chi connectivity index (χ1n) is 9.52. The molecule has 1 saturated carbocycles. The summed E-state index contributed by atoms with van der Waals surface area (Å²) in [6.07, 6.45) is 7.71. The Bertz CT molecular complexity index is 830. The zero-order valence-corrected chi connectivity index (χ0v) is 14.6. The van der Waals surface area contributed by atoms with Crippen molar-refractivity contribution in [1.29, 1.82) is 0 Å². The van der Waals surface area contributed by atoms with Crippen molar-refractivity contribution in [3.05, 3.63) is 40.4 Å². The standard InChI is InChI=1S/C20H25N3O2/c24-19(22-13-5-1-2-6-14-22)12-11-18-21-17-8-4-3-7-16(17)20(25)23(18)15-9-10-15/h3-4,7-8,15H,1-2,5-6,9-14H2. The summed E-state index contributed by atoms with van der Waals surface area (Å²) in [4.78, 5) is 32.1. The van der Waals surface area contributed by atoms with E-state index in [-0.39, 0.29) is 17.5 Å². The average Bonchev–Trinajstić information content (AvgIpc) is 3.46. The van der Waals surface area contributed by atoms with E-state index in [2.05, 4.69) is 0 Å². The van der Waals surface area contributed by atoms with Crippen molar-refractivity contribution >= 4 is 16.8 Å². The van der Waals surface area contributed by atoms with E-state index in [4.69, 9.17) is 4.98 Å². The van der Waals surface area contributed by atoms with E-state index in [9.17, 15) is 9.59 Å². The number of para-hydroxylation sites is 1. The van der Waals surface area contributed by atoms with Crippen molar-refractivity contribution in [3.63, 3.8) is 0 Å². The summed E-state index contributed by atoms with van der Waals surface area (Å²) in [5.41, 5.74) is 0.784. The van der Waals surface area contributed by atoms with Gasteiger partial charge in [0, 0.05) is 32.0 Å². The molecule has 1 amide bonds. The van der Waals surface area contributed by atoms with Gasteiger partial charge in [-0.1, -0.05) is 25.0 Å². The van der Waals surface area contributed by atoms with Gasteiger partial charge in [0.15, 0.2) is 0 Å². The summed E-state index contributed by atoms with van der Waals surface area (Å²) < 4.78 is 1.85. The van der Waals surface area contributed by atoms with E-state index in [0.717, 1.165) is 50.1 Å². The third kappa shape index (κ3) is 3.46. The number of hydrogen-bond donors (Lipinski definition) is 0. The zero-order valence-electron chi connectivity index (χ0n) is 14.6. The minimum atomic E-state index is 0.0466. The van der Waals surface area contributed by atoms with E-state index in [0.29, 0.717) is 18.2 Å². The predicted octanol–water partition coefficient (Wildman–Crippen LogP) is 3.07. The molecule has 5 heteroatoms. The molecule has 1 saturated heterocycles. The number of nitrogens with zero attached hydrogens (tertiary/aromatic N) is 3. The number of carbonyl (C=O) groups excluding carboxylic acids is 1. The van der Waals surface area contributed by atoms with Crippen LogP contribution in [-0.2, 0) is 11.2 Å². The lowest BCUT2D eigenvalue weighted by Crippen LogP contribution is -2.32. The second kappa shape index (κ2) is 6.98. The second-order valence-electron chi connectivity index (χ2n) is 7.25. The number of amides is 1. The Labute approximate surface area is 147 Å². The van der Waals surface area contributed by atoms with Gasteiger partial charge in [-0.25, -0.2) is 4.98 Å². The van der Waals surface area contributed by atoms with Gasteiger partial charge in [-0.05, 0) is 37.8 Å². The summed E-state index contributed by atoms with van der Waals surface area (Å²) >= 11 is 0. The van der Waals surface area contributed by atoms with Gasteiger partial charge < -0.3 is 4.90 Å². The van der Waals surface area contributed by atoms with E-state index >= 15 is 0 Å². The summed E-state index contributed by atoms with van der Waals surface area (Å²) in [6, 6.07) is 7.78. The van der Waals surface area contributed by atoms with Crippen LogP contribution in [0, 0.1) is 0 Å². The topological polar surface area (TPSA) is 55.2 Å². The van der Waals surface area contributed by atoms with Crippen molar-refractivity contribution in [3.8, 4) is 0 Å². The van der Waals surface area contributed by atoms with Crippen LogP contribution in [0.4, 0.5) is 0 Å². The fourth-order valence-electron chi connectivity index (χ4n) is 3.77. The lowest BCUT2D eigenvalue weighted by molar-refractivity contribution is -0.131. The average molecular weight is 339 g/mol. The molecule has 132 valence electrons. The molecule has 1 aliphatic heterocycles. The van der Waals surface area contributed by atoms with Crippen LogP contribution in [0.25, 0.3) is 10.9 Å². The predicted molar refractivity (Wildman–Crippen MR) is 97.6 cm³/mol. The number of fused-ring (bicyclic) bond motifs is 1. The van der Waals surface area contributed by atoms with Gasteiger partial charge in [0.2, 0.25) is 5.91 Å². The summed E-state index contributed by atoms with van der Waals surface area (Å²) in [7, 11) is 0. The van der Waals surface area contributed by atoms with E-state index in [1.165, 1.54) is 12.8 Å². The molecule has 0 radical (unpaired) electrons. The number of likely N-dealkylation sites (tertiary alicyclic amines) is 1. The first-order chi connectivity index (χ1) is 12.2. The van der Waals surface area contributed by atoms with Gasteiger partial charge in [0.1, 0.15) is 5.82 Å². The van der Waals surface area contributed by atoms with E-state index in [1.54, 1.807) is 0 Å². The molecule has 1 aliphatic carbocycles. The minimum absolute atomic E-state index is 0.0466. The molecule has 0 bridgehead atoms. The number of hydrogen-bond acceptors (Lipinski definition) is 3. The molecule has 0 N–H and O–H groups in total. The molecule has 0 spiro atoms. The van der Waals surface area contributed by atoms with Crippen LogP contribution in [0.2, 0.25) is 0 Å². The number of aryl methyl sites for hydroxylation is 1. The van der Waals surface area contributed by atoms with Gasteiger partial charge in [-0.3, -0.25) is 14.2 Å². The van der Waals surface area contributed by atoms with E-state index in [1.807, 2.05) is 33.7 Å². The summed E-state index contributed by atoms with van der Waals surface area (Å²) in [5.74, 6) is 0.973. The van der Waals surface area contributed by atoms with Crippen LogP contribution in [0.1, 0.15) is 56.8 Å². The Morgan fingerprint density at radius 1 is 1.08 bits per heavy atom. The molecular formula is C20H25N3O2. The number of carbonyl (C=O) groups is 1. The summed E-state index contributed by atoms with van der Waals surface area (Å²) in [5, 5.41) is 0.678. The van der Waals surface area contributed by atoms with Crippen LogP contribution < -0.4 is 5.56 Å². The number of aromatic nitrogens is 2. The van der Waals surface area contributed by atoms with Gasteiger partial charge in [0.05, 0.1) is 10.9 Å². The highest BCUT2D eigenvalue weighted by molar-refractivity contribution is 5.78. The van der Waals surface area contributed by atoms with Gasteiger partial charge in [0.25, 0.3) is 5.56 Å². The maximum Gasteiger partial charge on any atom is 0.261 e. The van der Waals surface area contributed by atoms with Gasteiger partial charge >= 0.3 is 0 Å². The molecule has 2 aliphatic rings. The molecule has 0 unspecified atom stereocenters. The first-order valence-corrected chi connectivity index (χ1v) is 9.52. The zero-order chi connectivity index (χ0) is 17.2. The van der Waals surface area contributed by atoms with Crippen LogP contribution in [-0.4, -0.2) is 33.4 Å². The van der Waals surface area contributed by atoms with E-state index < -0.39 is 0 Å². The van der Waals surface area contributed by atoms with Crippen LogP contribution in [0.15, 0.2) is 29.1 Å². The minimum Gasteiger partial charge on any atom is -0.343 e. The highest BCUT2D eigenvalue weighted by atomic mass is 16.2. The van der Waals surface area contributed by atoms with Crippen molar-refractivity contribution in [2.45, 2.75) is 57.4 Å². The molecule has 1 aromatic heterocycles. The highest BCUT2D eigenvalue weighted by Gasteiger charge is 2.28. The smallest absolute Gasteiger partial charge is 0.261 e. The Hall–Kier alpha value is -2.17. The molecule has 2 heterocycles. The molecular weight excluding hydrogens is 314 g/mol. The van der Waals surface area contributed by atoms with Crippen molar-refractivity contribution in [1.82, 2.24) is 14.5 Å². The summed E-state index contributed by atoms with van der Waals surface area (Å²) in [6.45, 7) is 1.75. The van der Waals surface area contributed by atoms with Gasteiger partial charge in [-0.15, -0.1) is 0 Å². The molecule has 0 atom stereocenters. The Morgan fingerprint density at radius 3 is 2.52 bits per heavy atom. The van der Waals surface area contributed by atoms with Crippen molar-refractivity contribution in [2.24, 2.45) is 0 Å². The third-order valence-corrected chi connectivity index (χ3v) is 5.31. The number of rotatable bonds is 4. The fourth-order valence-corrected chi connectivity index (χ4v) is 3.77. The SMILES string of the molecule is O=C(CCc1nc2ccccc2c(=O)n1C1CC1)N1CCCCCC1. The van der Waals surface area contributed by atoms with Crippen molar-refractivity contribution < 1.29 is 4.79 Å². The Morgan fingerprint density at radius 2 is 1.80 bits per heavy atom. The molecule has 25 heavy (non-hydrogen) atoms. The van der Waals surface area contributed by atoms with Crippen LogP contribution in [0.5, 0.6) is 0 Å². The molecule has 2 fully saturated rings. The largest absolute Gasteiger partial charge is 0.343 e. The molecule has 5 nitrogen and oxygen atoms in total. The van der Waals surface area contributed by atoms with Crippen LogP contribution >= 0.6 is 0 Å². The lowest BCUT2D eigenvalue weighted by atomic mass is 10.2. The Balaban J connectivity index is 1.57. The maximum absolute atomic E-state index is 12.9. The van der Waals surface area contributed by atoms with Crippen LogP contribution in [0.3, 0.4) is 0 Å². The maximum atomic E-state index is 12.9. The number of benzene rings is 1. The molecule has 2 aromatic rings. The lowest BCUT2D eigenvalue weighted by Gasteiger charge is -2.20. The first kappa shape index (κ1) is 16.3. The quantitative estimate of drug-likeness (QED) is 0.860. The monoisotopic (exact) mass is 339 g/mol. The highest BCUT2D eigenvalue weighted by Crippen LogP contribution is 2.35. The van der Waals surface area contributed by atoms with Crippen molar-refractivity contribution in [2.75, 3.05) is 13.1 Å². The molecule has 1 aromatic carbocycles. The second-order valence-corrected chi connectivity index (χ2v) is 7.25.